The van der Waals surface area contributed by atoms with Crippen LogP contribution in [0.3, 0.4) is 0 Å². The van der Waals surface area contributed by atoms with Crippen molar-refractivity contribution in [3.63, 3.8) is 0 Å². The van der Waals surface area contributed by atoms with Crippen LogP contribution in [0.1, 0.15) is 38.5 Å². The van der Waals surface area contributed by atoms with Crippen LogP contribution in [0.25, 0.3) is 0 Å². The van der Waals surface area contributed by atoms with Crippen LogP contribution in [0.2, 0.25) is 0 Å². The first kappa shape index (κ1) is 17.2. The lowest BCUT2D eigenvalue weighted by Gasteiger charge is -2.30. The molecule has 1 fully saturated rings. The summed E-state index contributed by atoms with van der Waals surface area (Å²) in [4.78, 5) is 35.2. The summed E-state index contributed by atoms with van der Waals surface area (Å²) in [6, 6.07) is -2.12. The Hall–Kier alpha value is -1.83. The van der Waals surface area contributed by atoms with Gasteiger partial charge in [0.05, 0.1) is 12.6 Å². The fourth-order valence-electron chi connectivity index (χ4n) is 2.39. The molecule has 8 heteroatoms. The topological polar surface area (TPSA) is 127 Å². The van der Waals surface area contributed by atoms with Crippen molar-refractivity contribution in [3.05, 3.63) is 0 Å². The van der Waals surface area contributed by atoms with Crippen LogP contribution < -0.4 is 5.32 Å². The summed E-state index contributed by atoms with van der Waals surface area (Å²) in [5.41, 5.74) is 0. The van der Waals surface area contributed by atoms with E-state index in [1.54, 1.807) is 0 Å². The molecule has 1 saturated heterocycles. The minimum atomic E-state index is -1.26. The molecule has 0 aromatic carbocycles. The van der Waals surface area contributed by atoms with Crippen LogP contribution in [0.5, 0.6) is 0 Å². The highest BCUT2D eigenvalue weighted by Crippen LogP contribution is 2.16. The average Bonchev–Trinajstić information content (AvgIpc) is 2.67. The van der Waals surface area contributed by atoms with Gasteiger partial charge >= 0.3 is 18.0 Å². The van der Waals surface area contributed by atoms with E-state index in [0.29, 0.717) is 13.0 Å². The van der Waals surface area contributed by atoms with E-state index in [4.69, 9.17) is 10.2 Å². The summed E-state index contributed by atoms with van der Waals surface area (Å²) in [5.74, 6) is -2.38. The lowest BCUT2D eigenvalue weighted by atomic mass is 10.1. The molecule has 0 bridgehead atoms. The van der Waals surface area contributed by atoms with Crippen LogP contribution in [-0.4, -0.2) is 63.4 Å². The number of hydrogen-bond acceptors (Lipinski definition) is 4. The van der Waals surface area contributed by atoms with E-state index in [0.717, 1.165) is 19.3 Å². The van der Waals surface area contributed by atoms with Gasteiger partial charge in [0, 0.05) is 13.0 Å². The van der Waals surface area contributed by atoms with Crippen LogP contribution >= 0.6 is 0 Å². The number of nitrogens with one attached hydrogen (secondary N) is 1. The highest BCUT2D eigenvalue weighted by Gasteiger charge is 2.28. The average molecular weight is 302 g/mol. The van der Waals surface area contributed by atoms with Gasteiger partial charge in [-0.05, 0) is 19.3 Å². The smallest absolute Gasteiger partial charge is 0.326 e. The van der Waals surface area contributed by atoms with E-state index in [9.17, 15) is 19.5 Å². The largest absolute Gasteiger partial charge is 0.481 e. The second-order valence-corrected chi connectivity index (χ2v) is 5.15. The lowest BCUT2D eigenvalue weighted by molar-refractivity contribution is -0.140. The Morgan fingerprint density at radius 3 is 2.48 bits per heavy atom. The Morgan fingerprint density at radius 1 is 1.19 bits per heavy atom. The molecular formula is C13H22N2O6. The molecule has 0 spiro atoms. The molecule has 0 saturated carbocycles. The molecule has 2 atom stereocenters. The molecule has 2 amide bonds. The highest BCUT2D eigenvalue weighted by atomic mass is 16.4. The van der Waals surface area contributed by atoms with Crippen LogP contribution in [-0.2, 0) is 9.59 Å². The van der Waals surface area contributed by atoms with E-state index in [1.807, 2.05) is 0 Å². The number of amides is 2. The van der Waals surface area contributed by atoms with E-state index in [2.05, 4.69) is 5.32 Å². The maximum absolute atomic E-state index is 12.2. The Morgan fingerprint density at radius 2 is 1.90 bits per heavy atom. The predicted octanol–water partition coefficient (Wildman–Crippen LogP) is 0.251. The zero-order chi connectivity index (χ0) is 15.8. The Bertz CT molecular complexity index is 387. The van der Waals surface area contributed by atoms with Crippen molar-refractivity contribution < 1.29 is 29.7 Å². The molecule has 1 aliphatic heterocycles. The van der Waals surface area contributed by atoms with Gasteiger partial charge in [0.15, 0.2) is 0 Å². The summed E-state index contributed by atoms with van der Waals surface area (Å²) >= 11 is 0. The third-order valence-corrected chi connectivity index (χ3v) is 3.59. The summed E-state index contributed by atoms with van der Waals surface area (Å²) in [7, 11) is 0. The number of hydrogen-bond donors (Lipinski definition) is 4. The Labute approximate surface area is 122 Å². The second kappa shape index (κ2) is 8.46. The van der Waals surface area contributed by atoms with Crippen molar-refractivity contribution >= 4 is 18.0 Å². The SMILES string of the molecule is O=C(O)CC[C@H](NC(=O)N1CCCCCC1CO)C(=O)O. The number of rotatable bonds is 6. The van der Waals surface area contributed by atoms with E-state index >= 15 is 0 Å². The van der Waals surface area contributed by atoms with Gasteiger partial charge in [0.25, 0.3) is 0 Å². The molecule has 1 aliphatic rings. The zero-order valence-corrected chi connectivity index (χ0v) is 11.8. The van der Waals surface area contributed by atoms with Crippen molar-refractivity contribution in [2.24, 2.45) is 0 Å². The first-order chi connectivity index (χ1) is 9.95. The normalized spacial score (nSPS) is 20.4. The predicted molar refractivity (Wildman–Crippen MR) is 72.9 cm³/mol. The lowest BCUT2D eigenvalue weighted by Crippen LogP contribution is -2.52. The van der Waals surface area contributed by atoms with Crippen LogP contribution in [0.15, 0.2) is 0 Å². The molecule has 1 heterocycles. The van der Waals surface area contributed by atoms with Gasteiger partial charge in [0.2, 0.25) is 0 Å². The monoisotopic (exact) mass is 302 g/mol. The fourth-order valence-corrected chi connectivity index (χ4v) is 2.39. The van der Waals surface area contributed by atoms with Gasteiger partial charge in [0.1, 0.15) is 6.04 Å². The summed E-state index contributed by atoms with van der Waals surface area (Å²) in [6.07, 6.45) is 2.85. The molecule has 120 valence electrons. The molecule has 1 rings (SSSR count). The standard InChI is InChI=1S/C13H22N2O6/c16-8-9-4-2-1-3-7-15(9)13(21)14-10(12(19)20)5-6-11(17)18/h9-10,16H,1-8H2,(H,14,21)(H,17,18)(H,19,20)/t9?,10-/m0/s1. The van der Waals surface area contributed by atoms with Crippen LogP contribution in [0, 0.1) is 0 Å². The number of urea groups is 1. The summed E-state index contributed by atoms with van der Waals surface area (Å²) < 4.78 is 0. The van der Waals surface area contributed by atoms with Crippen molar-refractivity contribution in [3.8, 4) is 0 Å². The van der Waals surface area contributed by atoms with Gasteiger partial charge in [-0.25, -0.2) is 9.59 Å². The number of likely N-dealkylation sites (tertiary alicyclic amines) is 1. The van der Waals surface area contributed by atoms with Gasteiger partial charge < -0.3 is 25.5 Å². The number of carboxylic acid groups (broad SMARTS) is 2. The quantitative estimate of drug-likeness (QED) is 0.557. The number of nitrogens with zero attached hydrogens (tertiary/aromatic N) is 1. The number of aliphatic hydroxyl groups is 1. The molecular weight excluding hydrogens is 280 g/mol. The first-order valence-electron chi connectivity index (χ1n) is 7.08. The van der Waals surface area contributed by atoms with Crippen molar-refractivity contribution in [1.82, 2.24) is 10.2 Å². The molecule has 1 unspecified atom stereocenters. The summed E-state index contributed by atoms with van der Waals surface area (Å²) in [5, 5.41) is 29.3. The Balaban J connectivity index is 2.65. The van der Waals surface area contributed by atoms with E-state index in [1.165, 1.54) is 4.90 Å². The van der Waals surface area contributed by atoms with Crippen molar-refractivity contribution in [2.45, 2.75) is 50.6 Å². The molecule has 0 aromatic heterocycles. The number of carboxylic acids is 2. The molecule has 0 aromatic rings. The Kier molecular flexibility index (Phi) is 6.93. The van der Waals surface area contributed by atoms with E-state index < -0.39 is 24.0 Å². The van der Waals surface area contributed by atoms with Crippen molar-refractivity contribution in [2.75, 3.05) is 13.2 Å². The van der Waals surface area contributed by atoms with E-state index in [-0.39, 0.29) is 25.5 Å². The minimum Gasteiger partial charge on any atom is -0.481 e. The van der Waals surface area contributed by atoms with Gasteiger partial charge in [-0.3, -0.25) is 4.79 Å². The zero-order valence-electron chi connectivity index (χ0n) is 11.8. The maximum Gasteiger partial charge on any atom is 0.326 e. The number of carbonyl (C=O) groups excluding carboxylic acids is 1. The van der Waals surface area contributed by atoms with Gasteiger partial charge in [-0.2, -0.15) is 0 Å². The second-order valence-electron chi connectivity index (χ2n) is 5.15. The molecule has 4 N–H and O–H groups in total. The number of aliphatic carboxylic acids is 2. The summed E-state index contributed by atoms with van der Waals surface area (Å²) in [6.45, 7) is 0.294. The number of aliphatic hydroxyl groups excluding tert-OH is 1. The van der Waals surface area contributed by atoms with Gasteiger partial charge in [-0.15, -0.1) is 0 Å². The minimum absolute atomic E-state index is 0.166. The molecule has 0 aliphatic carbocycles. The van der Waals surface area contributed by atoms with Crippen LogP contribution in [0.4, 0.5) is 4.79 Å². The highest BCUT2D eigenvalue weighted by molar-refractivity contribution is 5.83. The maximum atomic E-state index is 12.2. The third-order valence-electron chi connectivity index (χ3n) is 3.59. The third kappa shape index (κ3) is 5.58. The number of carbonyl (C=O) groups is 3. The molecule has 0 radical (unpaired) electrons. The first-order valence-corrected chi connectivity index (χ1v) is 7.08. The molecule has 21 heavy (non-hydrogen) atoms. The van der Waals surface area contributed by atoms with Crippen molar-refractivity contribution in [1.29, 1.82) is 0 Å². The molecule has 8 nitrogen and oxygen atoms in total. The fraction of sp³-hybridized carbons (Fsp3) is 0.769. The van der Waals surface area contributed by atoms with Gasteiger partial charge in [-0.1, -0.05) is 12.8 Å².